The maximum absolute atomic E-state index is 12.4. The predicted molar refractivity (Wildman–Crippen MR) is 85.3 cm³/mol. The highest BCUT2D eigenvalue weighted by Crippen LogP contribution is 2.28. The lowest BCUT2D eigenvalue weighted by Crippen LogP contribution is -2.37. The van der Waals surface area contributed by atoms with Crippen LogP contribution in [-0.4, -0.2) is 29.8 Å². The van der Waals surface area contributed by atoms with Crippen LogP contribution in [0.15, 0.2) is 24.3 Å². The first-order valence-corrected chi connectivity index (χ1v) is 8.29. The van der Waals surface area contributed by atoms with Crippen LogP contribution in [0, 0.1) is 11.8 Å². The van der Waals surface area contributed by atoms with Crippen molar-refractivity contribution in [2.45, 2.75) is 39.2 Å². The molecule has 1 saturated carbocycles. The number of amides is 2. The Labute approximate surface area is 131 Å². The standard InChI is InChI=1S/C18H24N2O2/c1-13-8-10-20(11-9-13)18(22)16-4-2-14(3-5-16)12-19-17(21)15-6-7-15/h2-5,13,15H,6-12H2,1H3,(H,19,21). The van der Waals surface area contributed by atoms with E-state index in [2.05, 4.69) is 12.2 Å². The Morgan fingerprint density at radius 3 is 2.32 bits per heavy atom. The molecule has 0 unspecified atom stereocenters. The summed E-state index contributed by atoms with van der Waals surface area (Å²) < 4.78 is 0. The smallest absolute Gasteiger partial charge is 0.253 e. The minimum Gasteiger partial charge on any atom is -0.352 e. The van der Waals surface area contributed by atoms with Crippen molar-refractivity contribution in [2.24, 2.45) is 11.8 Å². The van der Waals surface area contributed by atoms with Crippen LogP contribution < -0.4 is 5.32 Å². The van der Waals surface area contributed by atoms with Gasteiger partial charge in [0.25, 0.3) is 5.91 Å². The summed E-state index contributed by atoms with van der Waals surface area (Å²) in [5.74, 6) is 1.24. The lowest BCUT2D eigenvalue weighted by Gasteiger charge is -2.30. The molecular weight excluding hydrogens is 276 g/mol. The van der Waals surface area contributed by atoms with Gasteiger partial charge in [-0.2, -0.15) is 0 Å². The number of rotatable bonds is 4. The van der Waals surface area contributed by atoms with Gasteiger partial charge in [-0.1, -0.05) is 19.1 Å². The molecule has 1 aromatic carbocycles. The van der Waals surface area contributed by atoms with E-state index in [9.17, 15) is 9.59 Å². The summed E-state index contributed by atoms with van der Waals surface area (Å²) in [6, 6.07) is 7.62. The van der Waals surface area contributed by atoms with Crippen LogP contribution in [-0.2, 0) is 11.3 Å². The van der Waals surface area contributed by atoms with Gasteiger partial charge >= 0.3 is 0 Å². The molecule has 118 valence electrons. The molecule has 2 amide bonds. The second-order valence-electron chi connectivity index (χ2n) is 6.66. The zero-order valence-electron chi connectivity index (χ0n) is 13.2. The van der Waals surface area contributed by atoms with Crippen LogP contribution in [0.2, 0.25) is 0 Å². The second-order valence-corrected chi connectivity index (χ2v) is 6.66. The highest BCUT2D eigenvalue weighted by molar-refractivity contribution is 5.94. The predicted octanol–water partition coefficient (Wildman–Crippen LogP) is 2.58. The van der Waals surface area contributed by atoms with E-state index in [1.165, 1.54) is 0 Å². The molecule has 0 spiro atoms. The van der Waals surface area contributed by atoms with Crippen molar-refractivity contribution in [3.63, 3.8) is 0 Å². The van der Waals surface area contributed by atoms with E-state index in [0.29, 0.717) is 6.54 Å². The quantitative estimate of drug-likeness (QED) is 0.929. The maximum Gasteiger partial charge on any atom is 0.253 e. The highest BCUT2D eigenvalue weighted by atomic mass is 16.2. The molecular formula is C18H24N2O2. The molecule has 0 aromatic heterocycles. The number of likely N-dealkylation sites (tertiary alicyclic amines) is 1. The van der Waals surface area contributed by atoms with Crippen LogP contribution in [0.3, 0.4) is 0 Å². The number of hydrogen-bond acceptors (Lipinski definition) is 2. The van der Waals surface area contributed by atoms with Gasteiger partial charge in [-0.05, 0) is 49.3 Å². The summed E-state index contributed by atoms with van der Waals surface area (Å²) in [6.45, 7) is 4.51. The Balaban J connectivity index is 1.54. The summed E-state index contributed by atoms with van der Waals surface area (Å²) in [6.07, 6.45) is 4.23. The molecule has 1 aliphatic heterocycles. The molecule has 4 nitrogen and oxygen atoms in total. The Kier molecular flexibility index (Phi) is 4.46. The summed E-state index contributed by atoms with van der Waals surface area (Å²) >= 11 is 0. The third kappa shape index (κ3) is 3.67. The van der Waals surface area contributed by atoms with Crippen molar-refractivity contribution >= 4 is 11.8 Å². The average molecular weight is 300 g/mol. The fraction of sp³-hybridized carbons (Fsp3) is 0.556. The zero-order chi connectivity index (χ0) is 15.5. The first-order valence-electron chi connectivity index (χ1n) is 8.29. The van der Waals surface area contributed by atoms with Gasteiger partial charge in [0.2, 0.25) is 5.91 Å². The van der Waals surface area contributed by atoms with Crippen molar-refractivity contribution in [3.8, 4) is 0 Å². The van der Waals surface area contributed by atoms with Crippen molar-refractivity contribution in [2.75, 3.05) is 13.1 Å². The number of nitrogens with zero attached hydrogens (tertiary/aromatic N) is 1. The van der Waals surface area contributed by atoms with Crippen LogP contribution in [0.4, 0.5) is 0 Å². The molecule has 0 bridgehead atoms. The lowest BCUT2D eigenvalue weighted by atomic mass is 9.98. The van der Waals surface area contributed by atoms with E-state index in [-0.39, 0.29) is 17.7 Å². The van der Waals surface area contributed by atoms with Crippen LogP contribution in [0.5, 0.6) is 0 Å². The highest BCUT2D eigenvalue weighted by Gasteiger charge is 2.29. The molecule has 1 aromatic rings. The first-order chi connectivity index (χ1) is 10.6. The Hall–Kier alpha value is -1.84. The molecule has 22 heavy (non-hydrogen) atoms. The molecule has 3 rings (SSSR count). The summed E-state index contributed by atoms with van der Waals surface area (Å²) in [7, 11) is 0. The van der Waals surface area contributed by atoms with Crippen molar-refractivity contribution in [3.05, 3.63) is 35.4 Å². The average Bonchev–Trinajstić information content (AvgIpc) is 3.38. The van der Waals surface area contributed by atoms with Crippen LogP contribution >= 0.6 is 0 Å². The van der Waals surface area contributed by atoms with Gasteiger partial charge < -0.3 is 10.2 Å². The van der Waals surface area contributed by atoms with E-state index < -0.39 is 0 Å². The van der Waals surface area contributed by atoms with E-state index in [1.54, 1.807) is 0 Å². The number of hydrogen-bond donors (Lipinski definition) is 1. The molecule has 2 aliphatic rings. The third-order valence-electron chi connectivity index (χ3n) is 4.69. The molecule has 1 heterocycles. The van der Waals surface area contributed by atoms with E-state index in [4.69, 9.17) is 0 Å². The fourth-order valence-electron chi connectivity index (χ4n) is 2.84. The van der Waals surface area contributed by atoms with Gasteiger partial charge in [0, 0.05) is 31.1 Å². The Morgan fingerprint density at radius 1 is 1.09 bits per heavy atom. The topological polar surface area (TPSA) is 49.4 Å². The zero-order valence-corrected chi connectivity index (χ0v) is 13.2. The summed E-state index contributed by atoms with van der Waals surface area (Å²) in [5.41, 5.74) is 1.78. The third-order valence-corrected chi connectivity index (χ3v) is 4.69. The van der Waals surface area contributed by atoms with Gasteiger partial charge in [0.05, 0.1) is 0 Å². The normalized spacial score (nSPS) is 19.0. The molecule has 1 aliphatic carbocycles. The second kappa shape index (κ2) is 6.51. The number of nitrogens with one attached hydrogen (secondary N) is 1. The number of piperidine rings is 1. The number of carbonyl (C=O) groups excluding carboxylic acids is 2. The molecule has 0 radical (unpaired) electrons. The maximum atomic E-state index is 12.4. The first kappa shape index (κ1) is 15.1. The molecule has 1 N–H and O–H groups in total. The monoisotopic (exact) mass is 300 g/mol. The molecule has 4 heteroatoms. The molecule has 0 atom stereocenters. The van der Waals surface area contributed by atoms with Crippen molar-refractivity contribution in [1.82, 2.24) is 10.2 Å². The summed E-state index contributed by atoms with van der Waals surface area (Å²) in [5, 5.41) is 2.94. The van der Waals surface area contributed by atoms with Gasteiger partial charge in [-0.3, -0.25) is 9.59 Å². The minimum atomic E-state index is 0.125. The molecule has 2 fully saturated rings. The lowest BCUT2D eigenvalue weighted by molar-refractivity contribution is -0.122. The van der Waals surface area contributed by atoms with Gasteiger partial charge in [-0.15, -0.1) is 0 Å². The SMILES string of the molecule is CC1CCN(C(=O)c2ccc(CNC(=O)C3CC3)cc2)CC1. The fourth-order valence-corrected chi connectivity index (χ4v) is 2.84. The van der Waals surface area contributed by atoms with E-state index in [0.717, 1.165) is 55.8 Å². The van der Waals surface area contributed by atoms with Crippen molar-refractivity contribution < 1.29 is 9.59 Å². The number of benzene rings is 1. The molecule has 1 saturated heterocycles. The Morgan fingerprint density at radius 2 is 1.73 bits per heavy atom. The summed E-state index contributed by atoms with van der Waals surface area (Å²) in [4.78, 5) is 26.0. The van der Waals surface area contributed by atoms with Gasteiger partial charge in [0.1, 0.15) is 0 Å². The van der Waals surface area contributed by atoms with Gasteiger partial charge in [0.15, 0.2) is 0 Å². The van der Waals surface area contributed by atoms with Crippen LogP contribution in [0.25, 0.3) is 0 Å². The Bertz CT molecular complexity index is 541. The number of carbonyl (C=O) groups is 2. The van der Waals surface area contributed by atoms with Gasteiger partial charge in [-0.25, -0.2) is 0 Å². The van der Waals surface area contributed by atoms with E-state index in [1.807, 2.05) is 29.2 Å². The largest absolute Gasteiger partial charge is 0.352 e. The van der Waals surface area contributed by atoms with Crippen LogP contribution in [0.1, 0.15) is 48.5 Å². The van der Waals surface area contributed by atoms with Crippen molar-refractivity contribution in [1.29, 1.82) is 0 Å². The minimum absolute atomic E-state index is 0.125. The van der Waals surface area contributed by atoms with E-state index >= 15 is 0 Å².